The lowest BCUT2D eigenvalue weighted by molar-refractivity contribution is -0.138. The molecule has 0 aliphatic heterocycles. The van der Waals surface area contributed by atoms with E-state index in [-0.39, 0.29) is 17.9 Å². The molecule has 0 aliphatic rings. The summed E-state index contributed by atoms with van der Waals surface area (Å²) in [6.07, 6.45) is 1.06. The van der Waals surface area contributed by atoms with Crippen molar-refractivity contribution in [2.45, 2.75) is 53.5 Å². The van der Waals surface area contributed by atoms with Gasteiger partial charge in [-0.25, -0.2) is 0 Å². The molecule has 1 atom stereocenters. The summed E-state index contributed by atoms with van der Waals surface area (Å²) in [5.74, 6) is -0.730. The molecule has 0 aliphatic carbocycles. The molecule has 3 nitrogen and oxygen atoms in total. The van der Waals surface area contributed by atoms with Crippen LogP contribution in [0.2, 0.25) is 0 Å². The Balaban J connectivity index is 3.02. The summed E-state index contributed by atoms with van der Waals surface area (Å²) in [6.45, 7) is 10.5. The number of aryl methyl sites for hydroxylation is 2. The number of hydrogen-bond acceptors (Lipinski definition) is 1. The van der Waals surface area contributed by atoms with Gasteiger partial charge in [-0.1, -0.05) is 20.8 Å². The Hall–Kier alpha value is -1.25. The average molecular weight is 237 g/mol. The predicted octanol–water partition coefficient (Wildman–Crippen LogP) is 3.56. The van der Waals surface area contributed by atoms with Crippen LogP contribution in [0.1, 0.15) is 51.0 Å². The van der Waals surface area contributed by atoms with Crippen LogP contribution in [0.4, 0.5) is 0 Å². The van der Waals surface area contributed by atoms with Crippen LogP contribution in [0, 0.1) is 19.3 Å². The first kappa shape index (κ1) is 13.8. The van der Waals surface area contributed by atoms with Crippen LogP contribution < -0.4 is 0 Å². The fourth-order valence-electron chi connectivity index (χ4n) is 2.42. The smallest absolute Gasteiger partial charge is 0.305 e. The maximum atomic E-state index is 11.0. The molecule has 0 saturated heterocycles. The van der Waals surface area contributed by atoms with E-state index in [1.54, 1.807) is 0 Å². The number of carboxylic acid groups (broad SMARTS) is 1. The first-order valence-corrected chi connectivity index (χ1v) is 6.07. The van der Waals surface area contributed by atoms with Gasteiger partial charge in [0.05, 0.1) is 6.42 Å². The molecule has 1 N–H and O–H groups in total. The van der Waals surface area contributed by atoms with Crippen LogP contribution in [0.5, 0.6) is 0 Å². The molecule has 1 rings (SSSR count). The highest BCUT2D eigenvalue weighted by atomic mass is 16.4. The monoisotopic (exact) mass is 237 g/mol. The van der Waals surface area contributed by atoms with E-state index in [1.165, 1.54) is 0 Å². The summed E-state index contributed by atoms with van der Waals surface area (Å²) in [5.41, 5.74) is 2.40. The van der Waals surface area contributed by atoms with Crippen molar-refractivity contribution in [3.05, 3.63) is 23.5 Å². The van der Waals surface area contributed by atoms with Crippen molar-refractivity contribution in [3.63, 3.8) is 0 Å². The summed E-state index contributed by atoms with van der Waals surface area (Å²) in [6, 6.07) is 4.14. The molecule has 0 aromatic carbocycles. The zero-order valence-electron chi connectivity index (χ0n) is 11.4. The molecular formula is C14H23NO2. The van der Waals surface area contributed by atoms with E-state index in [2.05, 4.69) is 25.3 Å². The van der Waals surface area contributed by atoms with Crippen LogP contribution >= 0.6 is 0 Å². The summed E-state index contributed by atoms with van der Waals surface area (Å²) < 4.78 is 2.15. The number of carbonyl (C=O) groups is 1. The van der Waals surface area contributed by atoms with Gasteiger partial charge < -0.3 is 9.67 Å². The molecule has 1 aromatic rings. The third-order valence-corrected chi connectivity index (χ3v) is 2.95. The van der Waals surface area contributed by atoms with E-state index < -0.39 is 5.97 Å². The van der Waals surface area contributed by atoms with Crippen LogP contribution in [-0.2, 0) is 4.79 Å². The highest BCUT2D eigenvalue weighted by Crippen LogP contribution is 2.31. The molecule has 0 fully saturated rings. The van der Waals surface area contributed by atoms with Crippen molar-refractivity contribution in [2.75, 3.05) is 0 Å². The molecule has 1 heterocycles. The Morgan fingerprint density at radius 2 is 1.76 bits per heavy atom. The molecule has 96 valence electrons. The molecule has 3 heteroatoms. The third kappa shape index (κ3) is 3.91. The summed E-state index contributed by atoms with van der Waals surface area (Å²) in [5, 5.41) is 9.05. The Kier molecular flexibility index (Phi) is 4.02. The topological polar surface area (TPSA) is 42.2 Å². The molecule has 0 saturated carbocycles. The zero-order chi connectivity index (χ0) is 13.2. The van der Waals surface area contributed by atoms with E-state index in [0.717, 1.165) is 17.8 Å². The van der Waals surface area contributed by atoms with Gasteiger partial charge in [-0.2, -0.15) is 0 Å². The number of hydrogen-bond donors (Lipinski definition) is 1. The minimum absolute atomic E-state index is 0.0440. The van der Waals surface area contributed by atoms with Gasteiger partial charge in [-0.05, 0) is 37.8 Å². The van der Waals surface area contributed by atoms with Crippen LogP contribution in [0.3, 0.4) is 0 Å². The largest absolute Gasteiger partial charge is 0.481 e. The van der Waals surface area contributed by atoms with Gasteiger partial charge in [-0.15, -0.1) is 0 Å². The normalized spacial score (nSPS) is 13.7. The van der Waals surface area contributed by atoms with E-state index in [4.69, 9.17) is 5.11 Å². The maximum Gasteiger partial charge on any atom is 0.305 e. The van der Waals surface area contributed by atoms with E-state index in [1.807, 2.05) is 26.0 Å². The second-order valence-corrected chi connectivity index (χ2v) is 6.00. The van der Waals surface area contributed by atoms with Crippen molar-refractivity contribution in [1.82, 2.24) is 4.57 Å². The molecule has 0 amide bonds. The lowest BCUT2D eigenvalue weighted by atomic mass is 9.86. The maximum absolute atomic E-state index is 11.0. The Morgan fingerprint density at radius 3 is 2.12 bits per heavy atom. The summed E-state index contributed by atoms with van der Waals surface area (Å²) >= 11 is 0. The number of carboxylic acids is 1. The standard InChI is InChI=1S/C14H23NO2/c1-10-6-7-11(2)15(10)12(8-13(16)17)9-14(3,4)5/h6-7,12H,8-9H2,1-5H3,(H,16,17). The highest BCUT2D eigenvalue weighted by Gasteiger charge is 2.24. The van der Waals surface area contributed by atoms with E-state index >= 15 is 0 Å². The molecule has 0 radical (unpaired) electrons. The van der Waals surface area contributed by atoms with Crippen LogP contribution in [0.15, 0.2) is 12.1 Å². The predicted molar refractivity (Wildman–Crippen MR) is 69.3 cm³/mol. The Bertz CT molecular complexity index is 379. The van der Waals surface area contributed by atoms with Gasteiger partial charge >= 0.3 is 5.97 Å². The molecule has 1 unspecified atom stereocenters. The van der Waals surface area contributed by atoms with Gasteiger partial charge in [0.1, 0.15) is 0 Å². The first-order chi connectivity index (χ1) is 7.70. The fourth-order valence-corrected chi connectivity index (χ4v) is 2.42. The lowest BCUT2D eigenvalue weighted by Gasteiger charge is -2.28. The number of aromatic nitrogens is 1. The van der Waals surface area contributed by atoms with Gasteiger partial charge in [0.15, 0.2) is 0 Å². The molecular weight excluding hydrogens is 214 g/mol. The summed E-state index contributed by atoms with van der Waals surface area (Å²) in [4.78, 5) is 11.0. The highest BCUT2D eigenvalue weighted by molar-refractivity contribution is 5.67. The van der Waals surface area contributed by atoms with Gasteiger partial charge in [0, 0.05) is 17.4 Å². The molecule has 0 spiro atoms. The van der Waals surface area contributed by atoms with Crippen molar-refractivity contribution < 1.29 is 9.90 Å². The zero-order valence-corrected chi connectivity index (χ0v) is 11.4. The van der Waals surface area contributed by atoms with Crippen molar-refractivity contribution >= 4 is 5.97 Å². The average Bonchev–Trinajstić information content (AvgIpc) is 2.41. The number of aliphatic carboxylic acids is 1. The Labute approximate surface area is 103 Å². The first-order valence-electron chi connectivity index (χ1n) is 6.07. The van der Waals surface area contributed by atoms with Crippen molar-refractivity contribution in [1.29, 1.82) is 0 Å². The lowest BCUT2D eigenvalue weighted by Crippen LogP contribution is -2.21. The second kappa shape index (κ2) is 4.94. The van der Waals surface area contributed by atoms with E-state index in [0.29, 0.717) is 0 Å². The van der Waals surface area contributed by atoms with Crippen LogP contribution in [-0.4, -0.2) is 15.6 Å². The number of rotatable bonds is 4. The fraction of sp³-hybridized carbons (Fsp3) is 0.643. The SMILES string of the molecule is Cc1ccc(C)n1C(CC(=O)O)CC(C)(C)C. The second-order valence-electron chi connectivity index (χ2n) is 6.00. The molecule has 0 bridgehead atoms. The minimum Gasteiger partial charge on any atom is -0.481 e. The van der Waals surface area contributed by atoms with Crippen LogP contribution in [0.25, 0.3) is 0 Å². The number of nitrogens with zero attached hydrogens (tertiary/aromatic N) is 1. The van der Waals surface area contributed by atoms with E-state index in [9.17, 15) is 4.79 Å². The third-order valence-electron chi connectivity index (χ3n) is 2.95. The van der Waals surface area contributed by atoms with Gasteiger partial charge in [0.25, 0.3) is 0 Å². The summed E-state index contributed by atoms with van der Waals surface area (Å²) in [7, 11) is 0. The molecule has 17 heavy (non-hydrogen) atoms. The van der Waals surface area contributed by atoms with Gasteiger partial charge in [0.2, 0.25) is 0 Å². The van der Waals surface area contributed by atoms with Crippen molar-refractivity contribution in [2.24, 2.45) is 5.41 Å². The Morgan fingerprint density at radius 1 is 1.29 bits per heavy atom. The minimum atomic E-state index is -0.730. The van der Waals surface area contributed by atoms with Crippen molar-refractivity contribution in [3.8, 4) is 0 Å². The van der Waals surface area contributed by atoms with Gasteiger partial charge in [-0.3, -0.25) is 4.79 Å². The molecule has 1 aromatic heterocycles. The quantitative estimate of drug-likeness (QED) is 0.870.